The molecule has 0 aliphatic rings. The van der Waals surface area contributed by atoms with Crippen molar-refractivity contribution in [1.82, 2.24) is 9.78 Å². The molecule has 1 rings (SSSR count). The van der Waals surface area contributed by atoms with E-state index < -0.39 is 0 Å². The number of nitrogens with one attached hydrogen (secondary N) is 1. The highest BCUT2D eigenvalue weighted by molar-refractivity contribution is 5.58. The molecule has 0 aliphatic heterocycles. The molecule has 94 valence electrons. The second kappa shape index (κ2) is 4.65. The predicted molar refractivity (Wildman–Crippen MR) is 72.9 cm³/mol. The first-order valence-electron chi connectivity index (χ1n) is 5.73. The highest BCUT2D eigenvalue weighted by Crippen LogP contribution is 2.24. The maximum absolute atomic E-state index is 12.0. The second-order valence-electron chi connectivity index (χ2n) is 5.00. The first-order chi connectivity index (χ1) is 7.82. The summed E-state index contributed by atoms with van der Waals surface area (Å²) in [4.78, 5) is 12.0. The van der Waals surface area contributed by atoms with Gasteiger partial charge in [-0.25, -0.2) is 4.68 Å². The van der Waals surface area contributed by atoms with E-state index in [0.717, 1.165) is 11.4 Å². The Bertz CT molecular complexity index is 510. The van der Waals surface area contributed by atoms with Crippen molar-refractivity contribution in [2.75, 3.05) is 5.73 Å². The van der Waals surface area contributed by atoms with E-state index in [-0.39, 0.29) is 11.0 Å². The van der Waals surface area contributed by atoms with Gasteiger partial charge in [0.25, 0.3) is 5.56 Å². The van der Waals surface area contributed by atoms with Crippen LogP contribution >= 0.6 is 0 Å². The fraction of sp³-hybridized carbons (Fsp3) is 0.462. The zero-order valence-electron chi connectivity index (χ0n) is 11.2. The van der Waals surface area contributed by atoms with Gasteiger partial charge in [-0.15, -0.1) is 0 Å². The molecule has 0 unspecified atom stereocenters. The minimum Gasteiger partial charge on any atom is -0.393 e. The Morgan fingerprint density at radius 1 is 1.35 bits per heavy atom. The van der Waals surface area contributed by atoms with Crippen molar-refractivity contribution in [3.8, 4) is 0 Å². The van der Waals surface area contributed by atoms with Crippen LogP contribution in [0.25, 0.3) is 5.70 Å². The average molecular weight is 235 g/mol. The van der Waals surface area contributed by atoms with E-state index >= 15 is 0 Å². The molecule has 0 atom stereocenters. The molecule has 0 saturated heterocycles. The Kier molecular flexibility index (Phi) is 3.66. The van der Waals surface area contributed by atoms with E-state index in [9.17, 15) is 4.79 Å². The van der Waals surface area contributed by atoms with Gasteiger partial charge >= 0.3 is 0 Å². The zero-order chi connectivity index (χ0) is 13.2. The fourth-order valence-electron chi connectivity index (χ4n) is 1.67. The molecule has 4 nitrogen and oxygen atoms in total. The summed E-state index contributed by atoms with van der Waals surface area (Å²) in [6, 6.07) is 0. The highest BCUT2D eigenvalue weighted by Gasteiger charge is 2.23. The lowest BCUT2D eigenvalue weighted by molar-refractivity contribution is 0.563. The molecule has 0 spiro atoms. The molecule has 0 amide bonds. The predicted octanol–water partition coefficient (Wildman–Crippen LogP) is 2.49. The molecule has 17 heavy (non-hydrogen) atoms. The van der Waals surface area contributed by atoms with Crippen molar-refractivity contribution in [3.05, 3.63) is 34.3 Å². The van der Waals surface area contributed by atoms with Crippen LogP contribution in [0, 0.1) is 0 Å². The number of rotatable bonds is 2. The number of nitrogen functional groups attached to an aromatic ring is 1. The molecule has 1 heterocycles. The summed E-state index contributed by atoms with van der Waals surface area (Å²) >= 11 is 0. The molecule has 3 N–H and O–H groups in total. The van der Waals surface area contributed by atoms with E-state index in [1.54, 1.807) is 0 Å². The minimum atomic E-state index is -0.193. The summed E-state index contributed by atoms with van der Waals surface area (Å²) in [5, 5.41) is 3.09. The number of H-pyrrole nitrogens is 1. The van der Waals surface area contributed by atoms with Crippen LogP contribution in [-0.2, 0) is 5.41 Å². The SMILES string of the molecule is C/C=C\C(=C/C)n1[nH]c(C(C)(C)C)c(N)c1=O. The van der Waals surface area contributed by atoms with Gasteiger partial charge in [-0.05, 0) is 19.9 Å². The van der Waals surface area contributed by atoms with E-state index in [2.05, 4.69) is 5.10 Å². The summed E-state index contributed by atoms with van der Waals surface area (Å²) in [6.45, 7) is 9.85. The van der Waals surface area contributed by atoms with Crippen LogP contribution in [0.1, 0.15) is 40.3 Å². The molecule has 1 aromatic rings. The third kappa shape index (κ3) is 2.52. The summed E-state index contributed by atoms with van der Waals surface area (Å²) in [7, 11) is 0. The molecule has 1 aromatic heterocycles. The summed E-state index contributed by atoms with van der Waals surface area (Å²) in [6.07, 6.45) is 5.61. The number of aromatic nitrogens is 2. The van der Waals surface area contributed by atoms with Gasteiger partial charge in [-0.2, -0.15) is 0 Å². The van der Waals surface area contributed by atoms with Gasteiger partial charge in [-0.3, -0.25) is 9.89 Å². The van der Waals surface area contributed by atoms with Gasteiger partial charge < -0.3 is 5.73 Å². The van der Waals surface area contributed by atoms with Gasteiger partial charge in [0.1, 0.15) is 5.69 Å². The lowest BCUT2D eigenvalue weighted by Gasteiger charge is -2.16. The van der Waals surface area contributed by atoms with Gasteiger partial charge in [0.15, 0.2) is 0 Å². The van der Waals surface area contributed by atoms with Crippen molar-refractivity contribution < 1.29 is 0 Å². The Morgan fingerprint density at radius 3 is 2.29 bits per heavy atom. The van der Waals surface area contributed by atoms with Crippen LogP contribution < -0.4 is 11.3 Å². The van der Waals surface area contributed by atoms with Gasteiger partial charge in [0.05, 0.1) is 11.4 Å². The number of aromatic amines is 1. The first-order valence-corrected chi connectivity index (χ1v) is 5.73. The first kappa shape index (κ1) is 13.4. The smallest absolute Gasteiger partial charge is 0.294 e. The van der Waals surface area contributed by atoms with E-state index in [1.807, 2.05) is 52.8 Å². The number of allylic oxidation sites excluding steroid dienone is 4. The van der Waals surface area contributed by atoms with Crippen LogP contribution in [0.2, 0.25) is 0 Å². The van der Waals surface area contributed by atoms with E-state index in [0.29, 0.717) is 5.69 Å². The highest BCUT2D eigenvalue weighted by atomic mass is 16.1. The molecular weight excluding hydrogens is 214 g/mol. The second-order valence-corrected chi connectivity index (χ2v) is 5.00. The molecule has 0 bridgehead atoms. The third-order valence-corrected chi connectivity index (χ3v) is 2.57. The summed E-state index contributed by atoms with van der Waals surface area (Å²) in [5.74, 6) is 0. The standard InChI is InChI=1S/C13H21N3O/c1-6-8-9(7-2)16-12(17)10(14)11(15-16)13(3,4)5/h6-8,15H,14H2,1-5H3/b8-6-,9-7+. The van der Waals surface area contributed by atoms with Gasteiger partial charge in [0, 0.05) is 5.41 Å². The lowest BCUT2D eigenvalue weighted by atomic mass is 9.91. The van der Waals surface area contributed by atoms with Crippen molar-refractivity contribution in [3.63, 3.8) is 0 Å². The Hall–Kier alpha value is -1.71. The van der Waals surface area contributed by atoms with Crippen molar-refractivity contribution in [2.45, 2.75) is 40.0 Å². The van der Waals surface area contributed by atoms with Crippen LogP contribution in [0.5, 0.6) is 0 Å². The van der Waals surface area contributed by atoms with Crippen LogP contribution in [0.4, 0.5) is 5.69 Å². The Morgan fingerprint density at radius 2 is 1.94 bits per heavy atom. The van der Waals surface area contributed by atoms with Crippen molar-refractivity contribution >= 4 is 11.4 Å². The largest absolute Gasteiger partial charge is 0.393 e. The Balaban J connectivity index is 3.45. The monoisotopic (exact) mass is 235 g/mol. The Labute approximate surface area is 102 Å². The number of nitrogens with zero attached hydrogens (tertiary/aromatic N) is 1. The van der Waals surface area contributed by atoms with Gasteiger partial charge in [-0.1, -0.05) is 32.9 Å². The molecule has 0 saturated carbocycles. The fourth-order valence-corrected chi connectivity index (χ4v) is 1.67. The lowest BCUT2D eigenvalue weighted by Crippen LogP contribution is -2.17. The number of anilines is 1. The van der Waals surface area contributed by atoms with Gasteiger partial charge in [0.2, 0.25) is 0 Å². The normalized spacial score (nSPS) is 13.6. The molecule has 0 aromatic carbocycles. The molecule has 4 heteroatoms. The molecule has 0 aliphatic carbocycles. The van der Waals surface area contributed by atoms with E-state index in [1.165, 1.54) is 4.68 Å². The number of hydrogen-bond acceptors (Lipinski definition) is 2. The van der Waals surface area contributed by atoms with E-state index in [4.69, 9.17) is 5.73 Å². The summed E-state index contributed by atoms with van der Waals surface area (Å²) < 4.78 is 1.48. The van der Waals surface area contributed by atoms with Crippen LogP contribution in [0.3, 0.4) is 0 Å². The summed E-state index contributed by atoms with van der Waals surface area (Å²) in [5.41, 5.74) is 7.35. The quantitative estimate of drug-likeness (QED) is 0.773. The maximum atomic E-state index is 12.0. The molecule has 0 fully saturated rings. The average Bonchev–Trinajstić information content (AvgIpc) is 2.53. The molecular formula is C13H21N3O. The van der Waals surface area contributed by atoms with Crippen LogP contribution in [-0.4, -0.2) is 9.78 Å². The van der Waals surface area contributed by atoms with Crippen molar-refractivity contribution in [2.24, 2.45) is 0 Å². The number of hydrogen-bond donors (Lipinski definition) is 2. The zero-order valence-corrected chi connectivity index (χ0v) is 11.2. The molecule has 0 radical (unpaired) electrons. The van der Waals surface area contributed by atoms with Crippen molar-refractivity contribution in [1.29, 1.82) is 0 Å². The minimum absolute atomic E-state index is 0.177. The third-order valence-electron chi connectivity index (χ3n) is 2.57. The topological polar surface area (TPSA) is 63.8 Å². The number of nitrogens with two attached hydrogens (primary N) is 1. The maximum Gasteiger partial charge on any atom is 0.294 e. The van der Waals surface area contributed by atoms with Crippen LogP contribution in [0.15, 0.2) is 23.0 Å².